The van der Waals surface area contributed by atoms with Crippen LogP contribution in [0.5, 0.6) is 11.5 Å². The molecular formula is C24H39N5O3. The van der Waals surface area contributed by atoms with Gasteiger partial charge in [-0.2, -0.15) is 5.10 Å². The van der Waals surface area contributed by atoms with Crippen molar-refractivity contribution in [3.63, 3.8) is 0 Å². The highest BCUT2D eigenvalue weighted by Gasteiger charge is 2.19. The van der Waals surface area contributed by atoms with Gasteiger partial charge in [-0.15, -0.1) is 0 Å². The van der Waals surface area contributed by atoms with Gasteiger partial charge in [0.2, 0.25) is 0 Å². The molecule has 1 aliphatic rings. The number of aliphatic hydroxyl groups is 1. The second-order valence-electron chi connectivity index (χ2n) is 8.52. The molecule has 3 rings (SSSR count). The predicted octanol–water partition coefficient (Wildman–Crippen LogP) is 1.74. The third kappa shape index (κ3) is 6.93. The smallest absolute Gasteiger partial charge is 0.161 e. The van der Waals surface area contributed by atoms with Crippen LogP contribution in [0.1, 0.15) is 29.4 Å². The Bertz CT molecular complexity index is 814. The lowest BCUT2D eigenvalue weighted by Gasteiger charge is -2.34. The average Bonchev–Trinajstić information content (AvgIpc) is 3.13. The minimum absolute atomic E-state index is 0.255. The molecule has 0 saturated carbocycles. The summed E-state index contributed by atoms with van der Waals surface area (Å²) in [6, 6.07) is 5.95. The fraction of sp³-hybridized carbons (Fsp3) is 0.625. The van der Waals surface area contributed by atoms with Gasteiger partial charge in [-0.1, -0.05) is 13.0 Å². The van der Waals surface area contributed by atoms with Gasteiger partial charge in [0.05, 0.1) is 12.8 Å². The fourth-order valence-electron chi connectivity index (χ4n) is 4.15. The number of hydrogen-bond acceptors (Lipinski definition) is 7. The maximum atomic E-state index is 10.4. The van der Waals surface area contributed by atoms with Crippen molar-refractivity contribution in [1.82, 2.24) is 25.3 Å². The van der Waals surface area contributed by atoms with Crippen molar-refractivity contribution in [3.05, 3.63) is 40.7 Å². The Morgan fingerprint density at radius 1 is 1.16 bits per heavy atom. The Kier molecular flexibility index (Phi) is 9.35. The van der Waals surface area contributed by atoms with Crippen LogP contribution in [0.2, 0.25) is 0 Å². The van der Waals surface area contributed by atoms with Crippen LogP contribution in [-0.4, -0.2) is 90.7 Å². The number of aromatic amines is 1. The Morgan fingerprint density at radius 3 is 2.56 bits per heavy atom. The minimum Gasteiger partial charge on any atom is -0.493 e. The van der Waals surface area contributed by atoms with Gasteiger partial charge in [0.1, 0.15) is 12.7 Å². The van der Waals surface area contributed by atoms with Gasteiger partial charge < -0.3 is 24.8 Å². The van der Waals surface area contributed by atoms with Gasteiger partial charge in [0.25, 0.3) is 0 Å². The normalized spacial score (nSPS) is 16.3. The highest BCUT2D eigenvalue weighted by Crippen LogP contribution is 2.28. The Balaban J connectivity index is 1.42. The van der Waals surface area contributed by atoms with Crippen molar-refractivity contribution in [2.24, 2.45) is 0 Å². The predicted molar refractivity (Wildman–Crippen MR) is 127 cm³/mol. The highest BCUT2D eigenvalue weighted by molar-refractivity contribution is 5.43. The molecule has 178 valence electrons. The molecule has 1 aromatic heterocycles. The molecule has 0 bridgehead atoms. The number of likely N-dealkylation sites (N-methyl/N-ethyl adjacent to an activating group) is 1. The van der Waals surface area contributed by atoms with E-state index in [9.17, 15) is 5.11 Å². The molecule has 0 aliphatic carbocycles. The van der Waals surface area contributed by atoms with Crippen LogP contribution in [0, 0.1) is 13.8 Å². The number of H-pyrrole nitrogens is 1. The Hall–Kier alpha value is -2.13. The van der Waals surface area contributed by atoms with Crippen LogP contribution >= 0.6 is 0 Å². The summed E-state index contributed by atoms with van der Waals surface area (Å²) >= 11 is 0. The van der Waals surface area contributed by atoms with Gasteiger partial charge in [-0.3, -0.25) is 10.00 Å². The number of benzene rings is 1. The van der Waals surface area contributed by atoms with E-state index in [1.165, 1.54) is 5.56 Å². The van der Waals surface area contributed by atoms with Gasteiger partial charge in [0, 0.05) is 45.0 Å². The van der Waals surface area contributed by atoms with Crippen LogP contribution in [0.3, 0.4) is 0 Å². The summed E-state index contributed by atoms with van der Waals surface area (Å²) in [6.45, 7) is 14.0. The van der Waals surface area contributed by atoms with Gasteiger partial charge in [-0.05, 0) is 56.6 Å². The number of β-amino-alcohol motifs (C(OH)–C–C–N with tert-alkyl or cyclic N) is 1. The van der Waals surface area contributed by atoms with E-state index in [1.807, 2.05) is 25.1 Å². The first-order valence-electron chi connectivity index (χ1n) is 11.6. The van der Waals surface area contributed by atoms with Crippen molar-refractivity contribution < 1.29 is 14.6 Å². The van der Waals surface area contributed by atoms with E-state index in [1.54, 1.807) is 7.11 Å². The molecule has 32 heavy (non-hydrogen) atoms. The maximum absolute atomic E-state index is 10.4. The lowest BCUT2D eigenvalue weighted by atomic mass is 10.1. The van der Waals surface area contributed by atoms with E-state index in [0.29, 0.717) is 18.0 Å². The second kappa shape index (κ2) is 12.2. The SMILES string of the molecule is CCN1CCN(CC(O)COc2ccc(CNCCc3c(C)n[nH]c3C)cc2OC)CC1. The Labute approximate surface area is 191 Å². The van der Waals surface area contributed by atoms with Crippen LogP contribution in [-0.2, 0) is 13.0 Å². The lowest BCUT2D eigenvalue weighted by Crippen LogP contribution is -2.49. The number of nitrogens with zero attached hydrogens (tertiary/aromatic N) is 3. The summed E-state index contributed by atoms with van der Waals surface area (Å²) in [5, 5.41) is 21.2. The van der Waals surface area contributed by atoms with Gasteiger partial charge >= 0.3 is 0 Å². The van der Waals surface area contributed by atoms with E-state index in [-0.39, 0.29) is 6.61 Å². The minimum atomic E-state index is -0.524. The third-order valence-electron chi connectivity index (χ3n) is 6.20. The fourth-order valence-corrected chi connectivity index (χ4v) is 4.15. The molecule has 0 spiro atoms. The van der Waals surface area contributed by atoms with E-state index < -0.39 is 6.10 Å². The molecule has 2 aromatic rings. The number of ether oxygens (including phenoxy) is 2. The van der Waals surface area contributed by atoms with E-state index >= 15 is 0 Å². The first-order chi connectivity index (χ1) is 15.5. The summed E-state index contributed by atoms with van der Waals surface area (Å²) in [6.07, 6.45) is 0.418. The summed E-state index contributed by atoms with van der Waals surface area (Å²) in [7, 11) is 1.65. The molecule has 8 nitrogen and oxygen atoms in total. The summed E-state index contributed by atoms with van der Waals surface area (Å²) in [4.78, 5) is 4.74. The van der Waals surface area contributed by atoms with Crippen molar-refractivity contribution >= 4 is 0 Å². The van der Waals surface area contributed by atoms with Crippen molar-refractivity contribution in [2.75, 3.05) is 59.5 Å². The summed E-state index contributed by atoms with van der Waals surface area (Å²) in [5.41, 5.74) is 4.62. The molecule has 8 heteroatoms. The van der Waals surface area contributed by atoms with E-state index in [4.69, 9.17) is 9.47 Å². The first kappa shape index (κ1) is 24.5. The molecule has 2 heterocycles. The molecule has 1 unspecified atom stereocenters. The largest absolute Gasteiger partial charge is 0.493 e. The molecular weight excluding hydrogens is 406 g/mol. The molecule has 0 amide bonds. The zero-order valence-electron chi connectivity index (χ0n) is 20.0. The molecule has 0 radical (unpaired) electrons. The van der Waals surface area contributed by atoms with Crippen LogP contribution in [0.4, 0.5) is 0 Å². The zero-order chi connectivity index (χ0) is 22.9. The summed E-state index contributed by atoms with van der Waals surface area (Å²) in [5.74, 6) is 1.35. The zero-order valence-corrected chi connectivity index (χ0v) is 20.0. The third-order valence-corrected chi connectivity index (χ3v) is 6.20. The number of methoxy groups -OCH3 is 1. The van der Waals surface area contributed by atoms with Crippen LogP contribution < -0.4 is 14.8 Å². The van der Waals surface area contributed by atoms with E-state index in [0.717, 1.165) is 69.2 Å². The standard InChI is InChI=1S/C24H39N5O3/c1-5-28-10-12-29(13-11-28)16-21(30)17-32-23-7-6-20(14-24(23)31-4)15-25-9-8-22-18(2)26-27-19(22)3/h6-7,14,21,25,30H,5,8-13,15-17H2,1-4H3,(H,26,27). The summed E-state index contributed by atoms with van der Waals surface area (Å²) < 4.78 is 11.4. The van der Waals surface area contributed by atoms with Crippen molar-refractivity contribution in [2.45, 2.75) is 39.8 Å². The number of piperazine rings is 1. The molecule has 1 saturated heterocycles. The number of aliphatic hydroxyl groups excluding tert-OH is 1. The lowest BCUT2D eigenvalue weighted by molar-refractivity contribution is 0.0464. The molecule has 1 aromatic carbocycles. The number of rotatable bonds is 12. The number of hydrogen-bond donors (Lipinski definition) is 3. The van der Waals surface area contributed by atoms with Crippen molar-refractivity contribution in [3.8, 4) is 11.5 Å². The molecule has 1 fully saturated rings. The molecule has 3 N–H and O–H groups in total. The van der Waals surface area contributed by atoms with Crippen molar-refractivity contribution in [1.29, 1.82) is 0 Å². The maximum Gasteiger partial charge on any atom is 0.161 e. The van der Waals surface area contributed by atoms with Gasteiger partial charge in [0.15, 0.2) is 11.5 Å². The number of aryl methyl sites for hydroxylation is 2. The quantitative estimate of drug-likeness (QED) is 0.429. The highest BCUT2D eigenvalue weighted by atomic mass is 16.5. The Morgan fingerprint density at radius 2 is 1.91 bits per heavy atom. The first-order valence-corrected chi connectivity index (χ1v) is 11.6. The average molecular weight is 446 g/mol. The van der Waals surface area contributed by atoms with Crippen LogP contribution in [0.15, 0.2) is 18.2 Å². The van der Waals surface area contributed by atoms with Gasteiger partial charge in [-0.25, -0.2) is 0 Å². The number of nitrogens with one attached hydrogen (secondary N) is 2. The topological polar surface area (TPSA) is 85.9 Å². The van der Waals surface area contributed by atoms with E-state index in [2.05, 4.69) is 39.2 Å². The second-order valence-corrected chi connectivity index (χ2v) is 8.52. The van der Waals surface area contributed by atoms with Crippen LogP contribution in [0.25, 0.3) is 0 Å². The molecule has 1 aliphatic heterocycles. The monoisotopic (exact) mass is 445 g/mol. The molecule has 1 atom stereocenters. The number of aromatic nitrogens is 2.